The van der Waals surface area contributed by atoms with Gasteiger partial charge in [0.25, 0.3) is 5.91 Å². The number of alkyl halides is 2. The number of para-hydroxylation sites is 1. The summed E-state index contributed by atoms with van der Waals surface area (Å²) in [5.74, 6) is -0.507. The summed E-state index contributed by atoms with van der Waals surface area (Å²) in [7, 11) is 0. The lowest BCUT2D eigenvalue weighted by molar-refractivity contribution is -0.0501. The van der Waals surface area contributed by atoms with E-state index in [0.29, 0.717) is 0 Å². The summed E-state index contributed by atoms with van der Waals surface area (Å²) in [5.41, 5.74) is 2.44. The second-order valence-corrected chi connectivity index (χ2v) is 5.49. The van der Waals surface area contributed by atoms with Crippen molar-refractivity contribution < 1.29 is 18.3 Å². The molecule has 0 aliphatic heterocycles. The molecule has 0 bridgehead atoms. The van der Waals surface area contributed by atoms with Gasteiger partial charge in [-0.15, -0.1) is 0 Å². The molecule has 0 saturated carbocycles. The van der Waals surface area contributed by atoms with Crippen LogP contribution >= 0.6 is 0 Å². The number of ether oxygens (including phenoxy) is 1. The fourth-order valence-corrected chi connectivity index (χ4v) is 2.99. The van der Waals surface area contributed by atoms with Gasteiger partial charge in [-0.1, -0.05) is 36.4 Å². The van der Waals surface area contributed by atoms with Gasteiger partial charge < -0.3 is 10.1 Å². The Kier molecular flexibility index (Phi) is 4.55. The summed E-state index contributed by atoms with van der Waals surface area (Å²) in [4.78, 5) is 12.5. The van der Waals surface area contributed by atoms with Crippen molar-refractivity contribution in [3.8, 4) is 5.75 Å². The number of hydrogen-bond donors (Lipinski definition) is 1. The summed E-state index contributed by atoms with van der Waals surface area (Å²) in [6, 6.07) is 13.9. The van der Waals surface area contributed by atoms with Crippen molar-refractivity contribution in [1.82, 2.24) is 5.32 Å². The average molecular weight is 317 g/mol. The van der Waals surface area contributed by atoms with E-state index >= 15 is 0 Å². The zero-order valence-corrected chi connectivity index (χ0v) is 12.5. The SMILES string of the molecule is O=C(N[C@@H]1CCCc2ccccc21)c1ccccc1OC(F)F. The van der Waals surface area contributed by atoms with Crippen LogP contribution in [0.3, 0.4) is 0 Å². The van der Waals surface area contributed by atoms with Gasteiger partial charge >= 0.3 is 6.61 Å². The molecule has 0 aromatic heterocycles. The highest BCUT2D eigenvalue weighted by atomic mass is 19.3. The van der Waals surface area contributed by atoms with Crippen molar-refractivity contribution in [2.45, 2.75) is 31.9 Å². The standard InChI is InChI=1S/C18H17F2NO2/c19-18(20)23-16-11-4-3-9-14(16)17(22)21-15-10-5-7-12-6-1-2-8-13(12)15/h1-4,6,8-9,11,15,18H,5,7,10H2,(H,21,22)/t15-/m1/s1. The molecule has 1 atom stereocenters. The van der Waals surface area contributed by atoms with Crippen molar-refractivity contribution in [2.75, 3.05) is 0 Å². The van der Waals surface area contributed by atoms with Gasteiger partial charge in [-0.25, -0.2) is 0 Å². The van der Waals surface area contributed by atoms with Gasteiger partial charge in [0.15, 0.2) is 0 Å². The van der Waals surface area contributed by atoms with E-state index in [1.165, 1.54) is 17.7 Å². The molecule has 3 rings (SSSR count). The van der Waals surface area contributed by atoms with E-state index in [4.69, 9.17) is 0 Å². The Morgan fingerprint density at radius 1 is 1.13 bits per heavy atom. The molecular formula is C18H17F2NO2. The van der Waals surface area contributed by atoms with Crippen LogP contribution in [0.15, 0.2) is 48.5 Å². The molecule has 0 saturated heterocycles. The fraction of sp³-hybridized carbons (Fsp3) is 0.278. The molecular weight excluding hydrogens is 300 g/mol. The first-order valence-corrected chi connectivity index (χ1v) is 7.57. The van der Waals surface area contributed by atoms with E-state index in [-0.39, 0.29) is 17.4 Å². The average Bonchev–Trinajstić information content (AvgIpc) is 2.55. The maximum absolute atomic E-state index is 12.5. The topological polar surface area (TPSA) is 38.3 Å². The molecule has 3 nitrogen and oxygen atoms in total. The third-order valence-electron chi connectivity index (χ3n) is 4.02. The molecule has 1 amide bonds. The molecule has 0 fully saturated rings. The van der Waals surface area contributed by atoms with Crippen LogP contribution in [0.25, 0.3) is 0 Å². The number of halogens is 2. The molecule has 120 valence electrons. The second-order valence-electron chi connectivity index (χ2n) is 5.49. The normalized spacial score (nSPS) is 16.7. The van der Waals surface area contributed by atoms with Gasteiger partial charge in [-0.3, -0.25) is 4.79 Å². The van der Waals surface area contributed by atoms with Gasteiger partial charge in [0.2, 0.25) is 0 Å². The summed E-state index contributed by atoms with van der Waals surface area (Å²) in [6.07, 6.45) is 2.81. The van der Waals surface area contributed by atoms with E-state index in [1.807, 2.05) is 18.2 Å². The highest BCUT2D eigenvalue weighted by Crippen LogP contribution is 2.30. The van der Waals surface area contributed by atoms with E-state index in [9.17, 15) is 13.6 Å². The summed E-state index contributed by atoms with van der Waals surface area (Å²) in [6.45, 7) is -2.96. The minimum Gasteiger partial charge on any atom is -0.434 e. The smallest absolute Gasteiger partial charge is 0.387 e. The number of aryl methyl sites for hydroxylation is 1. The summed E-state index contributed by atoms with van der Waals surface area (Å²) in [5, 5.41) is 2.94. The van der Waals surface area contributed by atoms with Crippen molar-refractivity contribution in [1.29, 1.82) is 0 Å². The maximum atomic E-state index is 12.5. The number of carbonyl (C=O) groups is 1. The number of fused-ring (bicyclic) bond motifs is 1. The Hall–Kier alpha value is -2.43. The van der Waals surface area contributed by atoms with Crippen LogP contribution < -0.4 is 10.1 Å². The quantitative estimate of drug-likeness (QED) is 0.922. The van der Waals surface area contributed by atoms with Crippen LogP contribution in [0.4, 0.5) is 8.78 Å². The predicted molar refractivity (Wildman–Crippen MR) is 82.7 cm³/mol. The minimum absolute atomic E-state index is 0.105. The highest BCUT2D eigenvalue weighted by molar-refractivity contribution is 5.97. The number of hydrogen-bond acceptors (Lipinski definition) is 2. The van der Waals surface area contributed by atoms with E-state index in [0.717, 1.165) is 24.8 Å². The van der Waals surface area contributed by atoms with Crippen LogP contribution in [-0.2, 0) is 6.42 Å². The largest absolute Gasteiger partial charge is 0.434 e. The summed E-state index contributed by atoms with van der Waals surface area (Å²) < 4.78 is 29.4. The molecule has 2 aromatic rings. The van der Waals surface area contributed by atoms with Gasteiger partial charge in [0.05, 0.1) is 11.6 Å². The summed E-state index contributed by atoms with van der Waals surface area (Å²) >= 11 is 0. The van der Waals surface area contributed by atoms with Crippen molar-refractivity contribution >= 4 is 5.91 Å². The maximum Gasteiger partial charge on any atom is 0.387 e. The Morgan fingerprint density at radius 3 is 2.70 bits per heavy atom. The van der Waals surface area contributed by atoms with Crippen molar-refractivity contribution in [2.24, 2.45) is 0 Å². The predicted octanol–water partition coefficient (Wildman–Crippen LogP) is 4.10. The molecule has 23 heavy (non-hydrogen) atoms. The van der Waals surface area contributed by atoms with Gasteiger partial charge in [-0.05, 0) is 42.5 Å². The highest BCUT2D eigenvalue weighted by Gasteiger charge is 2.23. The molecule has 0 unspecified atom stereocenters. The molecule has 0 radical (unpaired) electrons. The number of nitrogens with one attached hydrogen (secondary N) is 1. The zero-order valence-electron chi connectivity index (χ0n) is 12.5. The molecule has 0 heterocycles. The van der Waals surface area contributed by atoms with E-state index in [2.05, 4.69) is 16.1 Å². The first-order valence-electron chi connectivity index (χ1n) is 7.57. The molecule has 1 aliphatic rings. The van der Waals surface area contributed by atoms with Crippen molar-refractivity contribution in [3.63, 3.8) is 0 Å². The third-order valence-corrected chi connectivity index (χ3v) is 4.02. The number of rotatable bonds is 4. The molecule has 1 N–H and O–H groups in total. The fourth-order valence-electron chi connectivity index (χ4n) is 2.99. The van der Waals surface area contributed by atoms with Crippen molar-refractivity contribution in [3.05, 3.63) is 65.2 Å². The monoisotopic (exact) mass is 317 g/mol. The third kappa shape index (κ3) is 3.50. The van der Waals surface area contributed by atoms with Crippen LogP contribution in [0.1, 0.15) is 40.4 Å². The Labute approximate surface area is 133 Å². The Bertz CT molecular complexity index is 703. The van der Waals surface area contributed by atoms with Gasteiger partial charge in [0, 0.05) is 0 Å². The van der Waals surface area contributed by atoms with Crippen LogP contribution in [0.5, 0.6) is 5.75 Å². The minimum atomic E-state index is -2.96. The Morgan fingerprint density at radius 2 is 1.87 bits per heavy atom. The lowest BCUT2D eigenvalue weighted by Gasteiger charge is -2.26. The van der Waals surface area contributed by atoms with E-state index < -0.39 is 12.5 Å². The first kappa shape index (κ1) is 15.5. The first-order chi connectivity index (χ1) is 11.1. The van der Waals surface area contributed by atoms with Crippen LogP contribution in [0.2, 0.25) is 0 Å². The molecule has 2 aromatic carbocycles. The number of carbonyl (C=O) groups excluding carboxylic acids is 1. The molecule has 0 spiro atoms. The lowest BCUT2D eigenvalue weighted by Crippen LogP contribution is -2.31. The molecule has 1 aliphatic carbocycles. The number of amides is 1. The second kappa shape index (κ2) is 6.77. The Balaban J connectivity index is 1.81. The van der Waals surface area contributed by atoms with Crippen LogP contribution in [0, 0.1) is 0 Å². The van der Waals surface area contributed by atoms with Gasteiger partial charge in [0.1, 0.15) is 5.75 Å². The van der Waals surface area contributed by atoms with Crippen LogP contribution in [-0.4, -0.2) is 12.5 Å². The zero-order chi connectivity index (χ0) is 16.2. The van der Waals surface area contributed by atoms with E-state index in [1.54, 1.807) is 12.1 Å². The molecule has 5 heteroatoms. The van der Waals surface area contributed by atoms with Gasteiger partial charge in [-0.2, -0.15) is 8.78 Å². The lowest BCUT2D eigenvalue weighted by atomic mass is 9.87. The number of benzene rings is 2.